The van der Waals surface area contributed by atoms with Crippen molar-refractivity contribution < 1.29 is 4.79 Å². The minimum Gasteiger partial charge on any atom is -0.351 e. The van der Waals surface area contributed by atoms with E-state index in [9.17, 15) is 4.79 Å². The number of nitrogens with one attached hydrogen (secondary N) is 1. The maximum Gasteiger partial charge on any atom is 0.261 e. The van der Waals surface area contributed by atoms with Crippen molar-refractivity contribution in [2.45, 2.75) is 45.6 Å². The second-order valence-corrected chi connectivity index (χ2v) is 6.57. The third kappa shape index (κ3) is 4.48. The van der Waals surface area contributed by atoms with Gasteiger partial charge in [-0.25, -0.2) is 0 Å². The first-order chi connectivity index (χ1) is 8.56. The first-order valence-electron chi connectivity index (χ1n) is 6.71. The summed E-state index contributed by atoms with van der Waals surface area (Å²) >= 11 is 1.66. The lowest BCUT2D eigenvalue weighted by Gasteiger charge is -2.16. The molecule has 1 aromatic rings. The lowest BCUT2D eigenvalue weighted by Crippen LogP contribution is -2.28. The van der Waals surface area contributed by atoms with Gasteiger partial charge < -0.3 is 11.1 Å². The molecule has 0 fully saturated rings. The Balaban J connectivity index is 0.00000180. The summed E-state index contributed by atoms with van der Waals surface area (Å²) in [5.74, 6) is 0.809. The molecule has 0 saturated heterocycles. The van der Waals surface area contributed by atoms with E-state index >= 15 is 0 Å². The Labute approximate surface area is 125 Å². The standard InChI is InChI=1S/C14H22N2OS.ClH/c1-9-3-4-12-11(7-9)8-13(18-12)14(17)16-6-5-10(2)15;/h8-10H,3-7,15H2,1-2H3,(H,16,17);1H. The van der Waals surface area contributed by atoms with Gasteiger partial charge in [-0.2, -0.15) is 0 Å². The van der Waals surface area contributed by atoms with E-state index in [0.717, 1.165) is 30.1 Å². The molecule has 0 aliphatic heterocycles. The van der Waals surface area contributed by atoms with E-state index in [-0.39, 0.29) is 24.4 Å². The van der Waals surface area contributed by atoms with Crippen molar-refractivity contribution in [2.75, 3.05) is 6.54 Å². The average molecular weight is 303 g/mol. The first-order valence-corrected chi connectivity index (χ1v) is 7.53. The minimum absolute atomic E-state index is 0. The topological polar surface area (TPSA) is 55.1 Å². The molecule has 1 aliphatic rings. The molecule has 1 heterocycles. The van der Waals surface area contributed by atoms with Crippen molar-refractivity contribution >= 4 is 29.7 Å². The smallest absolute Gasteiger partial charge is 0.261 e. The molecule has 2 atom stereocenters. The molecule has 1 aliphatic carbocycles. The summed E-state index contributed by atoms with van der Waals surface area (Å²) in [6.45, 7) is 4.90. The van der Waals surface area contributed by atoms with Crippen molar-refractivity contribution in [2.24, 2.45) is 11.7 Å². The van der Waals surface area contributed by atoms with E-state index in [0.29, 0.717) is 6.54 Å². The molecule has 0 saturated carbocycles. The summed E-state index contributed by atoms with van der Waals surface area (Å²) < 4.78 is 0. The van der Waals surface area contributed by atoms with Crippen LogP contribution in [0.4, 0.5) is 0 Å². The fraction of sp³-hybridized carbons (Fsp3) is 0.643. The molecule has 2 rings (SSSR count). The molecule has 0 spiro atoms. The van der Waals surface area contributed by atoms with Crippen LogP contribution in [0.25, 0.3) is 0 Å². The van der Waals surface area contributed by atoms with Gasteiger partial charge in [0, 0.05) is 17.5 Å². The van der Waals surface area contributed by atoms with E-state index < -0.39 is 0 Å². The van der Waals surface area contributed by atoms with Gasteiger partial charge in [0.2, 0.25) is 0 Å². The number of carbonyl (C=O) groups is 1. The summed E-state index contributed by atoms with van der Waals surface area (Å²) in [4.78, 5) is 14.3. The first kappa shape index (κ1) is 16.5. The number of thiophene rings is 1. The van der Waals surface area contributed by atoms with Gasteiger partial charge in [-0.05, 0) is 50.2 Å². The summed E-state index contributed by atoms with van der Waals surface area (Å²) in [5.41, 5.74) is 7.05. The molecule has 19 heavy (non-hydrogen) atoms. The van der Waals surface area contributed by atoms with E-state index in [1.807, 2.05) is 6.92 Å². The number of nitrogens with two attached hydrogens (primary N) is 1. The monoisotopic (exact) mass is 302 g/mol. The van der Waals surface area contributed by atoms with Gasteiger partial charge in [-0.1, -0.05) is 6.92 Å². The van der Waals surface area contributed by atoms with Crippen LogP contribution < -0.4 is 11.1 Å². The lowest BCUT2D eigenvalue weighted by molar-refractivity contribution is 0.0957. The predicted octanol–water partition coefficient (Wildman–Crippen LogP) is 2.76. The Kier molecular flexibility index (Phi) is 6.30. The molecule has 0 radical (unpaired) electrons. The highest BCUT2D eigenvalue weighted by Crippen LogP contribution is 2.32. The van der Waals surface area contributed by atoms with Crippen LogP contribution in [0.5, 0.6) is 0 Å². The van der Waals surface area contributed by atoms with Gasteiger partial charge in [-0.3, -0.25) is 4.79 Å². The normalized spacial score (nSPS) is 19.2. The fourth-order valence-corrected chi connectivity index (χ4v) is 3.44. The van der Waals surface area contributed by atoms with Crippen LogP contribution in [0.1, 0.15) is 46.8 Å². The molecule has 1 amide bonds. The zero-order valence-electron chi connectivity index (χ0n) is 11.6. The Morgan fingerprint density at radius 1 is 1.63 bits per heavy atom. The number of amides is 1. The Morgan fingerprint density at radius 2 is 2.37 bits per heavy atom. The van der Waals surface area contributed by atoms with Gasteiger partial charge in [0.15, 0.2) is 0 Å². The maximum atomic E-state index is 12.0. The highest BCUT2D eigenvalue weighted by molar-refractivity contribution is 7.14. The van der Waals surface area contributed by atoms with E-state index in [4.69, 9.17) is 5.73 Å². The molecular formula is C14H23ClN2OS. The Bertz CT molecular complexity index is 431. The van der Waals surface area contributed by atoms with Crippen molar-refractivity contribution in [3.05, 3.63) is 21.4 Å². The van der Waals surface area contributed by atoms with Gasteiger partial charge in [0.25, 0.3) is 5.91 Å². The highest BCUT2D eigenvalue weighted by Gasteiger charge is 2.20. The summed E-state index contributed by atoms with van der Waals surface area (Å²) in [7, 11) is 0. The molecule has 5 heteroatoms. The van der Waals surface area contributed by atoms with Crippen molar-refractivity contribution in [1.29, 1.82) is 0 Å². The summed E-state index contributed by atoms with van der Waals surface area (Å²) in [6.07, 6.45) is 4.33. The lowest BCUT2D eigenvalue weighted by atomic mass is 9.90. The summed E-state index contributed by atoms with van der Waals surface area (Å²) in [6, 6.07) is 2.22. The van der Waals surface area contributed by atoms with Gasteiger partial charge in [0.05, 0.1) is 4.88 Å². The fourth-order valence-electron chi connectivity index (χ4n) is 2.32. The Hall–Kier alpha value is -0.580. The maximum absolute atomic E-state index is 12.0. The minimum atomic E-state index is 0. The zero-order valence-corrected chi connectivity index (χ0v) is 13.2. The molecule has 2 unspecified atom stereocenters. The molecule has 1 aromatic heterocycles. The Morgan fingerprint density at radius 3 is 3.05 bits per heavy atom. The molecule has 3 nitrogen and oxygen atoms in total. The van der Waals surface area contributed by atoms with Crippen LogP contribution in [0, 0.1) is 5.92 Å². The second-order valence-electron chi connectivity index (χ2n) is 5.43. The van der Waals surface area contributed by atoms with Crippen molar-refractivity contribution in [3.8, 4) is 0 Å². The number of halogens is 1. The molecule has 108 valence electrons. The molecule has 0 bridgehead atoms. The molecule has 3 N–H and O–H groups in total. The van der Waals surface area contributed by atoms with Crippen molar-refractivity contribution in [3.63, 3.8) is 0 Å². The second kappa shape index (κ2) is 7.27. The number of carbonyl (C=O) groups excluding carboxylic acids is 1. The van der Waals surface area contributed by atoms with Gasteiger partial charge in [-0.15, -0.1) is 23.7 Å². The number of aryl methyl sites for hydroxylation is 1. The third-order valence-corrected chi connectivity index (χ3v) is 4.67. The quantitative estimate of drug-likeness (QED) is 0.898. The average Bonchev–Trinajstić information content (AvgIpc) is 2.71. The summed E-state index contributed by atoms with van der Waals surface area (Å²) in [5, 5.41) is 2.94. The van der Waals surface area contributed by atoms with E-state index in [1.54, 1.807) is 11.3 Å². The van der Waals surface area contributed by atoms with Gasteiger partial charge in [0.1, 0.15) is 0 Å². The van der Waals surface area contributed by atoms with Crippen LogP contribution in [0.15, 0.2) is 6.07 Å². The third-order valence-electron chi connectivity index (χ3n) is 3.44. The largest absolute Gasteiger partial charge is 0.351 e. The van der Waals surface area contributed by atoms with Crippen LogP contribution in [0.3, 0.4) is 0 Å². The van der Waals surface area contributed by atoms with Crippen LogP contribution in [-0.2, 0) is 12.8 Å². The zero-order chi connectivity index (χ0) is 13.1. The SMILES string of the molecule is CC(N)CCNC(=O)c1cc2c(s1)CCC(C)C2.Cl. The van der Waals surface area contributed by atoms with Crippen molar-refractivity contribution in [1.82, 2.24) is 5.32 Å². The number of hydrogen-bond donors (Lipinski definition) is 2. The van der Waals surface area contributed by atoms with Crippen LogP contribution >= 0.6 is 23.7 Å². The predicted molar refractivity (Wildman–Crippen MR) is 83.4 cm³/mol. The molecule has 0 aromatic carbocycles. The van der Waals surface area contributed by atoms with E-state index in [2.05, 4.69) is 18.3 Å². The number of fused-ring (bicyclic) bond motifs is 1. The van der Waals surface area contributed by atoms with Gasteiger partial charge >= 0.3 is 0 Å². The van der Waals surface area contributed by atoms with Crippen LogP contribution in [-0.4, -0.2) is 18.5 Å². The molecular weight excluding hydrogens is 280 g/mol. The number of hydrogen-bond acceptors (Lipinski definition) is 3. The highest BCUT2D eigenvalue weighted by atomic mass is 35.5. The number of rotatable bonds is 4. The van der Waals surface area contributed by atoms with Crippen LogP contribution in [0.2, 0.25) is 0 Å². The van der Waals surface area contributed by atoms with E-state index in [1.165, 1.54) is 16.9 Å².